The third-order valence-corrected chi connectivity index (χ3v) is 6.22. The fourth-order valence-electron chi connectivity index (χ4n) is 4.40. The van der Waals surface area contributed by atoms with Crippen molar-refractivity contribution in [3.05, 3.63) is 85.2 Å². The largest absolute Gasteiger partial charge is 0.338 e. The minimum absolute atomic E-state index is 0.846. The van der Waals surface area contributed by atoms with Crippen LogP contribution in [0.2, 0.25) is 0 Å². The Morgan fingerprint density at radius 1 is 0.667 bits per heavy atom. The van der Waals surface area contributed by atoms with Crippen LogP contribution >= 0.6 is 0 Å². The molecule has 0 bridgehead atoms. The first kappa shape index (κ1) is 21.3. The maximum atomic E-state index is 4.97. The first-order chi connectivity index (χ1) is 16.4. The molecule has 0 spiro atoms. The SMILES string of the molecule is c1ccc(-c2cc(-c3ccccc3)n(CCCCN3CCN(c4ncccn4)CC3)n2)cc1. The van der Waals surface area contributed by atoms with Crippen molar-refractivity contribution >= 4 is 5.95 Å². The summed E-state index contributed by atoms with van der Waals surface area (Å²) in [5.41, 5.74) is 4.60. The van der Waals surface area contributed by atoms with Crippen LogP contribution in [0.15, 0.2) is 85.2 Å². The van der Waals surface area contributed by atoms with Crippen LogP contribution in [0.3, 0.4) is 0 Å². The Hall–Kier alpha value is -3.51. The van der Waals surface area contributed by atoms with Crippen molar-refractivity contribution in [3.63, 3.8) is 0 Å². The molecule has 0 radical (unpaired) electrons. The summed E-state index contributed by atoms with van der Waals surface area (Å²) < 4.78 is 2.18. The van der Waals surface area contributed by atoms with E-state index in [1.165, 1.54) is 11.3 Å². The van der Waals surface area contributed by atoms with Gasteiger partial charge in [-0.1, -0.05) is 60.7 Å². The summed E-state index contributed by atoms with van der Waals surface area (Å²) in [7, 11) is 0. The fraction of sp³-hybridized carbons (Fsp3) is 0.296. The van der Waals surface area contributed by atoms with Gasteiger partial charge in [-0.2, -0.15) is 5.10 Å². The van der Waals surface area contributed by atoms with E-state index in [9.17, 15) is 0 Å². The normalized spacial score (nSPS) is 14.5. The number of piperazine rings is 1. The number of unbranched alkanes of at least 4 members (excludes halogenated alkanes) is 1. The number of aryl methyl sites for hydroxylation is 1. The van der Waals surface area contributed by atoms with Gasteiger partial charge < -0.3 is 4.90 Å². The number of nitrogens with zero attached hydrogens (tertiary/aromatic N) is 6. The van der Waals surface area contributed by atoms with Crippen LogP contribution in [-0.4, -0.2) is 57.4 Å². The van der Waals surface area contributed by atoms with Gasteiger partial charge in [0, 0.05) is 50.7 Å². The van der Waals surface area contributed by atoms with Crippen LogP contribution < -0.4 is 4.90 Å². The van der Waals surface area contributed by atoms with Gasteiger partial charge in [0.05, 0.1) is 11.4 Å². The molecule has 0 N–H and O–H groups in total. The van der Waals surface area contributed by atoms with E-state index < -0.39 is 0 Å². The van der Waals surface area contributed by atoms with Gasteiger partial charge in [-0.25, -0.2) is 9.97 Å². The van der Waals surface area contributed by atoms with Crippen molar-refractivity contribution in [2.75, 3.05) is 37.6 Å². The molecule has 168 valence electrons. The second kappa shape index (κ2) is 10.4. The molecule has 33 heavy (non-hydrogen) atoms. The summed E-state index contributed by atoms with van der Waals surface area (Å²) in [6.07, 6.45) is 5.90. The van der Waals surface area contributed by atoms with E-state index in [1.807, 2.05) is 24.5 Å². The molecule has 1 saturated heterocycles. The minimum Gasteiger partial charge on any atom is -0.338 e. The number of hydrogen-bond acceptors (Lipinski definition) is 5. The Balaban J connectivity index is 1.17. The van der Waals surface area contributed by atoms with Gasteiger partial charge in [-0.15, -0.1) is 0 Å². The highest BCUT2D eigenvalue weighted by Crippen LogP contribution is 2.26. The van der Waals surface area contributed by atoms with E-state index in [0.29, 0.717) is 0 Å². The first-order valence-corrected chi connectivity index (χ1v) is 11.8. The van der Waals surface area contributed by atoms with Crippen molar-refractivity contribution < 1.29 is 0 Å². The molecule has 0 amide bonds. The van der Waals surface area contributed by atoms with Gasteiger partial charge >= 0.3 is 0 Å². The summed E-state index contributed by atoms with van der Waals surface area (Å²) in [6, 6.07) is 25.1. The Kier molecular flexibility index (Phi) is 6.73. The Labute approximate surface area is 195 Å². The lowest BCUT2D eigenvalue weighted by molar-refractivity contribution is 0.250. The molecular weight excluding hydrogens is 408 g/mol. The molecule has 0 aliphatic carbocycles. The zero-order valence-electron chi connectivity index (χ0n) is 18.9. The Morgan fingerprint density at radius 3 is 2.00 bits per heavy atom. The Morgan fingerprint density at radius 2 is 1.30 bits per heavy atom. The van der Waals surface area contributed by atoms with Gasteiger partial charge in [0.15, 0.2) is 0 Å². The molecule has 1 aliphatic heterocycles. The molecule has 2 aromatic carbocycles. The van der Waals surface area contributed by atoms with Crippen molar-refractivity contribution in [2.24, 2.45) is 0 Å². The van der Waals surface area contributed by atoms with E-state index in [0.717, 1.165) is 69.3 Å². The summed E-state index contributed by atoms with van der Waals surface area (Å²) in [4.78, 5) is 13.6. The van der Waals surface area contributed by atoms with E-state index >= 15 is 0 Å². The highest BCUT2D eigenvalue weighted by molar-refractivity contribution is 5.68. The molecule has 5 rings (SSSR count). The molecule has 1 fully saturated rings. The van der Waals surface area contributed by atoms with E-state index in [2.05, 4.69) is 85.1 Å². The van der Waals surface area contributed by atoms with E-state index in [4.69, 9.17) is 5.10 Å². The quantitative estimate of drug-likeness (QED) is 0.376. The lowest BCUT2D eigenvalue weighted by Gasteiger charge is -2.34. The van der Waals surface area contributed by atoms with Gasteiger partial charge in [-0.3, -0.25) is 9.58 Å². The molecule has 1 aliphatic rings. The van der Waals surface area contributed by atoms with Crippen molar-refractivity contribution in [2.45, 2.75) is 19.4 Å². The van der Waals surface area contributed by atoms with E-state index in [1.54, 1.807) is 0 Å². The average Bonchev–Trinajstić information content (AvgIpc) is 3.33. The van der Waals surface area contributed by atoms with Crippen LogP contribution in [0.1, 0.15) is 12.8 Å². The molecule has 6 nitrogen and oxygen atoms in total. The maximum absolute atomic E-state index is 4.97. The van der Waals surface area contributed by atoms with Crippen LogP contribution in [0.25, 0.3) is 22.5 Å². The van der Waals surface area contributed by atoms with Crippen LogP contribution in [-0.2, 0) is 6.54 Å². The summed E-state index contributed by atoms with van der Waals surface area (Å²) in [5.74, 6) is 0.846. The predicted molar refractivity (Wildman–Crippen MR) is 133 cm³/mol. The van der Waals surface area contributed by atoms with Crippen molar-refractivity contribution in [1.29, 1.82) is 0 Å². The summed E-state index contributed by atoms with van der Waals surface area (Å²) in [5, 5.41) is 4.97. The molecule has 0 atom stereocenters. The number of benzene rings is 2. The van der Waals surface area contributed by atoms with Crippen molar-refractivity contribution in [1.82, 2.24) is 24.6 Å². The maximum Gasteiger partial charge on any atom is 0.225 e. The number of hydrogen-bond donors (Lipinski definition) is 0. The lowest BCUT2D eigenvalue weighted by Crippen LogP contribution is -2.47. The van der Waals surface area contributed by atoms with Crippen LogP contribution in [0, 0.1) is 0 Å². The van der Waals surface area contributed by atoms with Crippen LogP contribution in [0.4, 0.5) is 5.95 Å². The molecule has 3 heterocycles. The van der Waals surface area contributed by atoms with Gasteiger partial charge in [-0.05, 0) is 37.1 Å². The monoisotopic (exact) mass is 438 g/mol. The Bertz CT molecular complexity index is 1120. The molecule has 0 saturated carbocycles. The zero-order chi connectivity index (χ0) is 22.3. The fourth-order valence-corrected chi connectivity index (χ4v) is 4.40. The third-order valence-electron chi connectivity index (χ3n) is 6.22. The van der Waals surface area contributed by atoms with E-state index in [-0.39, 0.29) is 0 Å². The van der Waals surface area contributed by atoms with Crippen molar-refractivity contribution in [3.8, 4) is 22.5 Å². The minimum atomic E-state index is 0.846. The summed E-state index contributed by atoms with van der Waals surface area (Å²) >= 11 is 0. The molecular formula is C27H30N6. The zero-order valence-corrected chi connectivity index (χ0v) is 18.9. The molecule has 0 unspecified atom stereocenters. The van der Waals surface area contributed by atoms with Crippen LogP contribution in [0.5, 0.6) is 0 Å². The van der Waals surface area contributed by atoms with Gasteiger partial charge in [0.1, 0.15) is 0 Å². The highest BCUT2D eigenvalue weighted by atomic mass is 15.3. The average molecular weight is 439 g/mol. The lowest BCUT2D eigenvalue weighted by atomic mass is 10.1. The van der Waals surface area contributed by atoms with Gasteiger partial charge in [0.2, 0.25) is 5.95 Å². The summed E-state index contributed by atoms with van der Waals surface area (Å²) in [6.45, 7) is 6.15. The predicted octanol–water partition coefficient (Wildman–Crippen LogP) is 4.61. The number of rotatable bonds is 8. The number of anilines is 1. The van der Waals surface area contributed by atoms with Gasteiger partial charge in [0.25, 0.3) is 0 Å². The highest BCUT2D eigenvalue weighted by Gasteiger charge is 2.18. The standard InChI is InChI=1S/C27H30N6/c1-3-10-23(11-4-1)25-22-26(24-12-5-2-6-13-24)33(30-25)17-8-7-16-31-18-20-32(21-19-31)27-28-14-9-15-29-27/h1-6,9-15,22H,7-8,16-21H2. The second-order valence-electron chi connectivity index (χ2n) is 8.45. The smallest absolute Gasteiger partial charge is 0.225 e. The molecule has 4 aromatic rings. The molecule has 2 aromatic heterocycles. The second-order valence-corrected chi connectivity index (χ2v) is 8.45. The third kappa shape index (κ3) is 5.29. The topological polar surface area (TPSA) is 50.1 Å². The molecule has 6 heteroatoms. The first-order valence-electron chi connectivity index (χ1n) is 11.8. The number of aromatic nitrogens is 4.